The van der Waals surface area contributed by atoms with Gasteiger partial charge in [-0.3, -0.25) is 4.79 Å². The predicted octanol–water partition coefficient (Wildman–Crippen LogP) is 6.26. The van der Waals surface area contributed by atoms with E-state index in [1.807, 2.05) is 32.9 Å². The predicted molar refractivity (Wildman–Crippen MR) is 123 cm³/mol. The van der Waals surface area contributed by atoms with Crippen LogP contribution in [0, 0.1) is 0 Å². The molecule has 0 amide bonds. The van der Waals surface area contributed by atoms with Crippen molar-refractivity contribution in [3.8, 4) is 5.75 Å². The van der Waals surface area contributed by atoms with Gasteiger partial charge in [-0.25, -0.2) is 4.98 Å². The van der Waals surface area contributed by atoms with Gasteiger partial charge in [0.1, 0.15) is 5.82 Å². The number of fused-ring (bicyclic) bond motifs is 1. The summed E-state index contributed by atoms with van der Waals surface area (Å²) < 4.78 is 7.61. The van der Waals surface area contributed by atoms with E-state index in [-0.39, 0.29) is 11.5 Å². The van der Waals surface area contributed by atoms with Gasteiger partial charge in [0.15, 0.2) is 5.75 Å². The van der Waals surface area contributed by atoms with Crippen molar-refractivity contribution in [3.63, 3.8) is 0 Å². The zero-order valence-corrected chi connectivity index (χ0v) is 19.3. The lowest BCUT2D eigenvalue weighted by Gasteiger charge is -2.14. The van der Waals surface area contributed by atoms with Crippen LogP contribution in [0.2, 0.25) is 10.0 Å². The molecule has 152 valence electrons. The van der Waals surface area contributed by atoms with Crippen molar-refractivity contribution in [2.75, 3.05) is 6.61 Å². The summed E-state index contributed by atoms with van der Waals surface area (Å²) in [6.07, 6.45) is 2.37. The molecule has 1 heterocycles. The molecule has 0 aliphatic rings. The molecule has 3 rings (SSSR count). The summed E-state index contributed by atoms with van der Waals surface area (Å²) in [6.45, 7) is 6.38. The first-order valence-corrected chi connectivity index (χ1v) is 10.8. The topological polar surface area (TPSA) is 56.5 Å². The lowest BCUT2D eigenvalue weighted by molar-refractivity contribution is 0.340. The van der Waals surface area contributed by atoms with E-state index in [0.717, 1.165) is 10.9 Å². The monoisotopic (exact) mass is 495 g/mol. The highest BCUT2D eigenvalue weighted by Crippen LogP contribution is 2.33. The maximum Gasteiger partial charge on any atom is 0.282 e. The fourth-order valence-electron chi connectivity index (χ4n) is 2.84. The molecule has 5 nitrogen and oxygen atoms in total. The van der Waals surface area contributed by atoms with E-state index >= 15 is 0 Å². The zero-order valence-electron chi connectivity index (χ0n) is 16.2. The summed E-state index contributed by atoms with van der Waals surface area (Å²) >= 11 is 15.9. The van der Waals surface area contributed by atoms with Crippen LogP contribution in [0.1, 0.15) is 44.5 Å². The van der Waals surface area contributed by atoms with Crippen molar-refractivity contribution < 1.29 is 4.74 Å². The van der Waals surface area contributed by atoms with E-state index < -0.39 is 0 Å². The minimum Gasteiger partial charge on any atom is -0.491 e. The Morgan fingerprint density at radius 1 is 1.24 bits per heavy atom. The Balaban J connectivity index is 2.13. The van der Waals surface area contributed by atoms with E-state index in [0.29, 0.717) is 44.7 Å². The molecule has 0 N–H and O–H groups in total. The third kappa shape index (κ3) is 4.65. The van der Waals surface area contributed by atoms with Crippen LogP contribution in [-0.2, 0) is 0 Å². The van der Waals surface area contributed by atoms with Crippen molar-refractivity contribution >= 4 is 56.2 Å². The van der Waals surface area contributed by atoms with Crippen LogP contribution in [0.4, 0.5) is 0 Å². The highest BCUT2D eigenvalue weighted by molar-refractivity contribution is 9.10. The highest BCUT2D eigenvalue weighted by atomic mass is 79.9. The van der Waals surface area contributed by atoms with Crippen LogP contribution in [0.3, 0.4) is 0 Å². The van der Waals surface area contributed by atoms with Gasteiger partial charge in [-0.05, 0) is 49.2 Å². The summed E-state index contributed by atoms with van der Waals surface area (Å²) in [5.74, 6) is 1.09. The van der Waals surface area contributed by atoms with Crippen molar-refractivity contribution in [2.45, 2.75) is 33.1 Å². The van der Waals surface area contributed by atoms with Gasteiger partial charge in [0.2, 0.25) is 0 Å². The molecule has 3 aromatic rings. The summed E-state index contributed by atoms with van der Waals surface area (Å²) in [5, 5.41) is 5.69. The number of hydrogen-bond acceptors (Lipinski definition) is 4. The van der Waals surface area contributed by atoms with E-state index in [1.165, 1.54) is 4.68 Å². The first-order chi connectivity index (χ1) is 13.8. The molecule has 0 saturated carbocycles. The molecular formula is C21H20BrCl2N3O2. The molecule has 0 saturated heterocycles. The van der Waals surface area contributed by atoms with Crippen LogP contribution < -0.4 is 10.3 Å². The van der Waals surface area contributed by atoms with E-state index in [4.69, 9.17) is 27.9 Å². The lowest BCUT2D eigenvalue weighted by Crippen LogP contribution is -2.23. The first-order valence-electron chi connectivity index (χ1n) is 9.24. The number of nitrogens with zero attached hydrogens (tertiary/aromatic N) is 3. The molecule has 2 aromatic carbocycles. The van der Waals surface area contributed by atoms with E-state index in [1.54, 1.807) is 24.4 Å². The minimum absolute atomic E-state index is 0.0559. The van der Waals surface area contributed by atoms with Crippen molar-refractivity contribution in [3.05, 3.63) is 66.6 Å². The Kier molecular flexibility index (Phi) is 6.98. The highest BCUT2D eigenvalue weighted by Gasteiger charge is 2.16. The van der Waals surface area contributed by atoms with Gasteiger partial charge in [-0.15, -0.1) is 0 Å². The van der Waals surface area contributed by atoms with Gasteiger partial charge in [0.05, 0.1) is 33.8 Å². The van der Waals surface area contributed by atoms with E-state index in [2.05, 4.69) is 26.0 Å². The second kappa shape index (κ2) is 9.28. The van der Waals surface area contributed by atoms with Gasteiger partial charge >= 0.3 is 0 Å². The smallest absolute Gasteiger partial charge is 0.282 e. The molecule has 0 aliphatic carbocycles. The van der Waals surface area contributed by atoms with Gasteiger partial charge in [-0.2, -0.15) is 9.78 Å². The van der Waals surface area contributed by atoms with Crippen LogP contribution in [0.15, 0.2) is 44.7 Å². The second-order valence-corrected chi connectivity index (χ2v) is 8.28. The molecule has 8 heteroatoms. The summed E-state index contributed by atoms with van der Waals surface area (Å²) in [7, 11) is 0. The number of halogens is 3. The molecule has 0 spiro atoms. The molecule has 0 radical (unpaired) electrons. The first kappa shape index (κ1) is 21.8. The number of benzene rings is 2. The summed E-state index contributed by atoms with van der Waals surface area (Å²) in [4.78, 5) is 17.8. The average Bonchev–Trinajstić information content (AvgIpc) is 2.69. The Labute approximate surface area is 187 Å². The molecule has 0 unspecified atom stereocenters. The SMILES string of the molecule is CCOc1c(Cl)cc(C=Nn2c([C@H](C)CC)nc3ccc(Br)cc3c2=O)cc1Cl. The lowest BCUT2D eigenvalue weighted by atomic mass is 10.1. The molecule has 1 atom stereocenters. The third-order valence-electron chi connectivity index (χ3n) is 4.52. The fraction of sp³-hybridized carbons (Fsp3) is 0.286. The summed E-state index contributed by atoms with van der Waals surface area (Å²) in [5.41, 5.74) is 1.07. The van der Waals surface area contributed by atoms with Gasteiger partial charge in [-0.1, -0.05) is 53.0 Å². The molecule has 1 aromatic heterocycles. The van der Waals surface area contributed by atoms with Crippen LogP contribution in [-0.4, -0.2) is 22.5 Å². The van der Waals surface area contributed by atoms with Crippen LogP contribution in [0.25, 0.3) is 10.9 Å². The molecule has 0 fully saturated rings. The maximum atomic E-state index is 13.1. The Morgan fingerprint density at radius 3 is 2.55 bits per heavy atom. The quantitative estimate of drug-likeness (QED) is 0.378. The number of rotatable bonds is 6. The van der Waals surface area contributed by atoms with Gasteiger partial charge in [0, 0.05) is 10.4 Å². The largest absolute Gasteiger partial charge is 0.491 e. The van der Waals surface area contributed by atoms with Crippen molar-refractivity contribution in [1.82, 2.24) is 9.66 Å². The standard InChI is InChI=1S/C21H20BrCl2N3O2/c1-4-12(3)20-26-18-7-6-14(22)10-15(18)21(28)27(20)25-11-13-8-16(23)19(29-5-2)17(24)9-13/h6-12H,4-5H2,1-3H3/t12-/m1/s1. The van der Waals surface area contributed by atoms with Crippen molar-refractivity contribution in [1.29, 1.82) is 0 Å². The average molecular weight is 497 g/mol. The van der Waals surface area contributed by atoms with Gasteiger partial charge < -0.3 is 4.74 Å². The minimum atomic E-state index is -0.231. The molecule has 29 heavy (non-hydrogen) atoms. The molecule has 0 bridgehead atoms. The third-order valence-corrected chi connectivity index (χ3v) is 5.57. The maximum absolute atomic E-state index is 13.1. The summed E-state index contributed by atoms with van der Waals surface area (Å²) in [6, 6.07) is 8.84. The van der Waals surface area contributed by atoms with E-state index in [9.17, 15) is 4.79 Å². The molecular weight excluding hydrogens is 477 g/mol. The second-order valence-electron chi connectivity index (χ2n) is 6.55. The van der Waals surface area contributed by atoms with Crippen LogP contribution in [0.5, 0.6) is 5.75 Å². The number of ether oxygens (including phenoxy) is 1. The number of hydrogen-bond donors (Lipinski definition) is 0. The van der Waals surface area contributed by atoms with Gasteiger partial charge in [0.25, 0.3) is 5.56 Å². The Morgan fingerprint density at radius 2 is 1.93 bits per heavy atom. The normalized spacial score (nSPS) is 12.6. The van der Waals surface area contributed by atoms with Crippen molar-refractivity contribution in [2.24, 2.45) is 5.10 Å². The zero-order chi connectivity index (χ0) is 21.1. The Bertz CT molecular complexity index is 1120. The van der Waals surface area contributed by atoms with Crippen LogP contribution >= 0.6 is 39.1 Å². The molecule has 0 aliphatic heterocycles. The Hall–Kier alpha value is -1.89. The number of aromatic nitrogens is 2. The fourth-order valence-corrected chi connectivity index (χ4v) is 3.81.